The first-order valence-electron chi connectivity index (χ1n) is 10.9. The average molecular weight is 420 g/mol. The third-order valence-corrected chi connectivity index (χ3v) is 6.04. The van der Waals surface area contributed by atoms with Gasteiger partial charge in [-0.25, -0.2) is 0 Å². The predicted molar refractivity (Wildman–Crippen MR) is 128 cm³/mol. The first kappa shape index (κ1) is 20.0. The molecule has 4 nitrogen and oxygen atoms in total. The van der Waals surface area contributed by atoms with E-state index in [1.54, 1.807) is 0 Å². The Balaban J connectivity index is 1.46. The van der Waals surface area contributed by atoms with Crippen LogP contribution in [0.2, 0.25) is 0 Å². The van der Waals surface area contributed by atoms with Crippen LogP contribution in [0.4, 0.5) is 0 Å². The highest BCUT2D eigenvalue weighted by Gasteiger charge is 2.50. The Bertz CT molecular complexity index is 1140. The van der Waals surface area contributed by atoms with E-state index in [9.17, 15) is 4.79 Å². The molecule has 3 aromatic carbocycles. The van der Waals surface area contributed by atoms with Gasteiger partial charge < -0.3 is 10.2 Å². The minimum Gasteiger partial charge on any atom is -0.378 e. The lowest BCUT2D eigenvalue weighted by Gasteiger charge is -2.38. The highest BCUT2D eigenvalue weighted by molar-refractivity contribution is 6.14. The number of allylic oxidation sites excluding steroid dienone is 2. The van der Waals surface area contributed by atoms with Gasteiger partial charge in [-0.3, -0.25) is 4.79 Å². The van der Waals surface area contributed by atoms with Crippen LogP contribution < -0.4 is 5.32 Å². The summed E-state index contributed by atoms with van der Waals surface area (Å²) in [5, 5.41) is 3.48. The van der Waals surface area contributed by atoms with Crippen molar-refractivity contribution in [2.45, 2.75) is 24.9 Å². The molecule has 1 amide bonds. The van der Waals surface area contributed by atoms with Crippen molar-refractivity contribution in [3.8, 4) is 0 Å². The summed E-state index contributed by atoms with van der Waals surface area (Å²) in [6, 6.07) is 30.6. The Morgan fingerprint density at radius 2 is 1.28 bits per heavy atom. The molecule has 3 aromatic rings. The van der Waals surface area contributed by atoms with Crippen molar-refractivity contribution >= 4 is 11.7 Å². The molecule has 2 aliphatic heterocycles. The molecule has 2 heterocycles. The molecule has 0 saturated heterocycles. The van der Waals surface area contributed by atoms with Crippen molar-refractivity contribution in [3.05, 3.63) is 132 Å². The summed E-state index contributed by atoms with van der Waals surface area (Å²) in [4.78, 5) is 20.2. The van der Waals surface area contributed by atoms with Crippen LogP contribution in [0, 0.1) is 0 Å². The lowest BCUT2D eigenvalue weighted by atomic mass is 9.83. The third-order valence-electron chi connectivity index (χ3n) is 6.04. The number of nitrogens with zero attached hydrogens (tertiary/aromatic N) is 2. The summed E-state index contributed by atoms with van der Waals surface area (Å²) < 4.78 is 0. The van der Waals surface area contributed by atoms with Gasteiger partial charge in [0, 0.05) is 25.6 Å². The SMILES string of the molecule is O=C1N=C2C(NCc3ccccc3)=CC=CN2C1(Cc1ccccc1)Cc1ccccc1. The Hall–Kier alpha value is -3.92. The molecule has 0 spiro atoms. The number of aliphatic imine (C=N–C) groups is 1. The Morgan fingerprint density at radius 1 is 0.750 bits per heavy atom. The number of nitrogens with one attached hydrogen (secondary N) is 1. The summed E-state index contributed by atoms with van der Waals surface area (Å²) in [6.07, 6.45) is 7.15. The molecule has 0 saturated carbocycles. The highest BCUT2D eigenvalue weighted by Crippen LogP contribution is 2.35. The monoisotopic (exact) mass is 419 g/mol. The molecule has 1 N–H and O–H groups in total. The fraction of sp³-hybridized carbons (Fsp3) is 0.143. The van der Waals surface area contributed by atoms with Gasteiger partial charge in [-0.05, 0) is 28.8 Å². The van der Waals surface area contributed by atoms with Crippen LogP contribution in [0.1, 0.15) is 16.7 Å². The van der Waals surface area contributed by atoms with Crippen LogP contribution in [0.5, 0.6) is 0 Å². The second kappa shape index (κ2) is 8.67. The molecular formula is C28H25N3O. The van der Waals surface area contributed by atoms with E-state index < -0.39 is 5.54 Å². The standard InChI is InChI=1S/C28H25N3O/c32-27-28(19-22-11-4-1-5-12-22,20-23-13-6-2-7-14-23)31-18-10-17-25(26(31)30-27)29-21-24-15-8-3-9-16-24/h1-18,29H,19-21H2. The van der Waals surface area contributed by atoms with Crippen molar-refractivity contribution in [2.75, 3.05) is 0 Å². The fourth-order valence-electron chi connectivity index (χ4n) is 4.45. The van der Waals surface area contributed by atoms with Crippen molar-refractivity contribution in [2.24, 2.45) is 4.99 Å². The maximum atomic E-state index is 13.6. The zero-order valence-corrected chi connectivity index (χ0v) is 17.8. The molecule has 0 atom stereocenters. The number of hydrogen-bond acceptors (Lipinski definition) is 3. The number of amidine groups is 1. The Kier molecular flexibility index (Phi) is 5.42. The topological polar surface area (TPSA) is 44.7 Å². The molecule has 0 radical (unpaired) electrons. The first-order chi connectivity index (χ1) is 15.7. The molecule has 2 aliphatic rings. The third kappa shape index (κ3) is 3.87. The van der Waals surface area contributed by atoms with E-state index in [2.05, 4.69) is 51.6 Å². The number of rotatable bonds is 7. The number of amides is 1. The molecule has 5 rings (SSSR count). The van der Waals surface area contributed by atoms with Gasteiger partial charge in [0.25, 0.3) is 5.91 Å². The summed E-state index contributed by atoms with van der Waals surface area (Å²) >= 11 is 0. The predicted octanol–water partition coefficient (Wildman–Crippen LogP) is 4.65. The van der Waals surface area contributed by atoms with Crippen molar-refractivity contribution in [1.29, 1.82) is 0 Å². The first-order valence-corrected chi connectivity index (χ1v) is 10.9. The second-order valence-corrected chi connectivity index (χ2v) is 8.23. The smallest absolute Gasteiger partial charge is 0.274 e. The number of fused-ring (bicyclic) bond motifs is 1. The largest absolute Gasteiger partial charge is 0.378 e. The van der Waals surface area contributed by atoms with Crippen molar-refractivity contribution in [3.63, 3.8) is 0 Å². The summed E-state index contributed by atoms with van der Waals surface area (Å²) in [5.74, 6) is 0.597. The second-order valence-electron chi connectivity index (χ2n) is 8.23. The molecule has 0 fully saturated rings. The number of hydrogen-bond donors (Lipinski definition) is 1. The fourth-order valence-corrected chi connectivity index (χ4v) is 4.45. The van der Waals surface area contributed by atoms with Crippen LogP contribution in [-0.4, -0.2) is 22.2 Å². The van der Waals surface area contributed by atoms with E-state index in [0.29, 0.717) is 25.2 Å². The van der Waals surface area contributed by atoms with E-state index in [0.717, 1.165) is 16.8 Å². The lowest BCUT2D eigenvalue weighted by Crippen LogP contribution is -2.53. The van der Waals surface area contributed by atoms with Crippen LogP contribution in [0.3, 0.4) is 0 Å². The van der Waals surface area contributed by atoms with Crippen LogP contribution >= 0.6 is 0 Å². The summed E-state index contributed by atoms with van der Waals surface area (Å²) in [7, 11) is 0. The highest BCUT2D eigenvalue weighted by atomic mass is 16.2. The summed E-state index contributed by atoms with van der Waals surface area (Å²) in [6.45, 7) is 0.673. The zero-order chi connectivity index (χ0) is 21.8. The van der Waals surface area contributed by atoms with E-state index in [4.69, 9.17) is 0 Å². The number of benzene rings is 3. The summed E-state index contributed by atoms with van der Waals surface area (Å²) in [5.41, 5.74) is 3.50. The van der Waals surface area contributed by atoms with E-state index in [1.165, 1.54) is 5.56 Å². The quantitative estimate of drug-likeness (QED) is 0.606. The molecule has 158 valence electrons. The van der Waals surface area contributed by atoms with Crippen LogP contribution in [0.25, 0.3) is 0 Å². The maximum Gasteiger partial charge on any atom is 0.274 e. The Morgan fingerprint density at radius 3 is 1.84 bits per heavy atom. The molecule has 0 bridgehead atoms. The molecule has 0 aromatic heterocycles. The van der Waals surface area contributed by atoms with Gasteiger partial charge in [0.15, 0.2) is 5.84 Å². The van der Waals surface area contributed by atoms with Crippen molar-refractivity contribution < 1.29 is 4.79 Å². The van der Waals surface area contributed by atoms with Gasteiger partial charge in [0.2, 0.25) is 0 Å². The van der Waals surface area contributed by atoms with Gasteiger partial charge in [0.1, 0.15) is 5.54 Å². The normalized spacial score (nSPS) is 16.4. The van der Waals surface area contributed by atoms with Gasteiger partial charge in [0.05, 0.1) is 5.70 Å². The van der Waals surface area contributed by atoms with Crippen LogP contribution in [0.15, 0.2) is 120 Å². The average Bonchev–Trinajstić information content (AvgIpc) is 3.11. The number of carbonyl (C=O) groups is 1. The minimum absolute atomic E-state index is 0.0980. The van der Waals surface area contributed by atoms with E-state index >= 15 is 0 Å². The zero-order valence-electron chi connectivity index (χ0n) is 17.8. The van der Waals surface area contributed by atoms with Crippen LogP contribution in [-0.2, 0) is 24.2 Å². The van der Waals surface area contributed by atoms with E-state index in [-0.39, 0.29) is 5.91 Å². The van der Waals surface area contributed by atoms with Gasteiger partial charge >= 0.3 is 0 Å². The molecule has 0 unspecified atom stereocenters. The molecule has 0 aliphatic carbocycles. The van der Waals surface area contributed by atoms with Gasteiger partial charge in [-0.15, -0.1) is 0 Å². The van der Waals surface area contributed by atoms with Gasteiger partial charge in [-0.1, -0.05) is 91.0 Å². The molecular weight excluding hydrogens is 394 g/mol. The lowest BCUT2D eigenvalue weighted by molar-refractivity contribution is -0.124. The van der Waals surface area contributed by atoms with Crippen molar-refractivity contribution in [1.82, 2.24) is 10.2 Å². The van der Waals surface area contributed by atoms with Gasteiger partial charge in [-0.2, -0.15) is 4.99 Å². The number of carbonyl (C=O) groups excluding carboxylic acids is 1. The molecule has 4 heteroatoms. The van der Waals surface area contributed by atoms with E-state index in [1.807, 2.05) is 72.9 Å². The Labute approximate surface area is 188 Å². The maximum absolute atomic E-state index is 13.6. The molecule has 32 heavy (non-hydrogen) atoms. The minimum atomic E-state index is -0.789.